The molecular weight excluding hydrogens is 1810 g/mol. The standard InChI is InChI=1S/2C50H32N2.C44H28N2/c1-2-14-42-40(9-1)32-49(52-50(42)35-21-19-33(20-22-35)34-25-27-51-28-26-34)41-13-8-12-38(30-41)36-10-7-11-37(29-36)39-23-24-47-45-17-4-3-15-43(45)44-16-5-6-18-46(44)48(47)31-39;1-2-12-33(13-3-1)48-27-25-40(32-51-48)50-41-19-5-4-14-38(41)31-49(52-50)39-18-11-17-36(29-39)34-15-10-16-35(28-34)37-24-26-46-44-22-7-6-20-42(44)43-21-8-9-23-45(43)47(46)30-37;1-2-14-36-34(9-1)28-43(46-44(36)29-21-23-45-24-22-29)35-13-8-12-32(26-35)30-10-7-11-31(25-30)33-19-20-41-39-17-4-3-15-37(39)38-16-5-6-18-40(38)42(41)27-33/h2*1-32H;1-28H. The first-order chi connectivity index (χ1) is 74.3. The van der Waals surface area contributed by atoms with Gasteiger partial charge in [-0.2, -0.15) is 0 Å². The summed E-state index contributed by atoms with van der Waals surface area (Å²) in [6.07, 6.45) is 9.26. The molecule has 6 nitrogen and oxygen atoms in total. The maximum absolute atomic E-state index is 5.31. The molecule has 29 rings (SSSR count). The van der Waals surface area contributed by atoms with Crippen LogP contribution in [0.3, 0.4) is 0 Å². The molecule has 0 unspecified atom stereocenters. The van der Waals surface area contributed by atoms with Gasteiger partial charge in [-0.1, -0.05) is 419 Å². The number of rotatable bonds is 14. The van der Waals surface area contributed by atoms with Gasteiger partial charge in [-0.25, -0.2) is 15.0 Å². The van der Waals surface area contributed by atoms with Crippen molar-refractivity contribution in [3.8, 4) is 157 Å². The highest BCUT2D eigenvalue weighted by atomic mass is 14.8. The van der Waals surface area contributed by atoms with E-state index in [0.29, 0.717) is 0 Å². The zero-order chi connectivity index (χ0) is 99.3. The van der Waals surface area contributed by atoms with Crippen LogP contribution >= 0.6 is 0 Å². The van der Waals surface area contributed by atoms with E-state index in [1.54, 1.807) is 0 Å². The van der Waals surface area contributed by atoms with Gasteiger partial charge < -0.3 is 0 Å². The van der Waals surface area contributed by atoms with Crippen molar-refractivity contribution in [1.29, 1.82) is 0 Å². The van der Waals surface area contributed by atoms with Gasteiger partial charge >= 0.3 is 0 Å². The van der Waals surface area contributed by atoms with E-state index in [9.17, 15) is 0 Å². The molecule has 0 aliphatic heterocycles. The molecule has 0 saturated heterocycles. The van der Waals surface area contributed by atoms with Crippen LogP contribution in [0.25, 0.3) is 286 Å². The van der Waals surface area contributed by atoms with Gasteiger partial charge in [0, 0.05) is 86.1 Å². The lowest BCUT2D eigenvalue weighted by molar-refractivity contribution is 1.29. The van der Waals surface area contributed by atoms with Crippen molar-refractivity contribution in [2.24, 2.45) is 0 Å². The zero-order valence-corrected chi connectivity index (χ0v) is 81.8. The quantitative estimate of drug-likeness (QED) is 0.101. The first-order valence-electron chi connectivity index (χ1n) is 51.1. The number of hydrogen-bond donors (Lipinski definition) is 0. The van der Waals surface area contributed by atoms with E-state index in [2.05, 4.69) is 495 Å². The number of benzene rings is 23. The van der Waals surface area contributed by atoms with Crippen molar-refractivity contribution in [1.82, 2.24) is 29.9 Å². The normalized spacial score (nSPS) is 11.5. The molecule has 29 aromatic rings. The van der Waals surface area contributed by atoms with Crippen molar-refractivity contribution in [2.75, 3.05) is 0 Å². The minimum atomic E-state index is 0.934. The fourth-order valence-electron chi connectivity index (χ4n) is 22.4. The van der Waals surface area contributed by atoms with Crippen molar-refractivity contribution in [3.05, 3.63) is 559 Å². The van der Waals surface area contributed by atoms with Crippen LogP contribution in [-0.2, 0) is 0 Å². The Morgan fingerprint density at radius 1 is 0.107 bits per heavy atom. The molecule has 0 amide bonds. The summed E-state index contributed by atoms with van der Waals surface area (Å²) < 4.78 is 0. The lowest BCUT2D eigenvalue weighted by atomic mass is 9.91. The van der Waals surface area contributed by atoms with Crippen LogP contribution in [0.1, 0.15) is 0 Å². The number of pyridine rings is 6. The van der Waals surface area contributed by atoms with Crippen molar-refractivity contribution >= 4 is 129 Å². The zero-order valence-electron chi connectivity index (χ0n) is 81.8. The second-order valence-electron chi connectivity index (χ2n) is 38.6. The van der Waals surface area contributed by atoms with Crippen LogP contribution in [0, 0.1) is 0 Å². The Labute approximate surface area is 868 Å². The highest BCUT2D eigenvalue weighted by molar-refractivity contribution is 6.29. The molecule has 23 aromatic carbocycles. The van der Waals surface area contributed by atoms with E-state index in [1.807, 2.05) is 73.4 Å². The predicted octanol–water partition coefficient (Wildman–Crippen LogP) is 38.6. The van der Waals surface area contributed by atoms with E-state index in [-0.39, 0.29) is 0 Å². The lowest BCUT2D eigenvalue weighted by Crippen LogP contribution is -1.93. The summed E-state index contributed by atoms with van der Waals surface area (Å²) in [5, 5.41) is 30.1. The smallest absolute Gasteiger partial charge is 0.0803 e. The summed E-state index contributed by atoms with van der Waals surface area (Å²) in [5.74, 6) is 0. The van der Waals surface area contributed by atoms with Gasteiger partial charge in [-0.3, -0.25) is 15.0 Å². The topological polar surface area (TPSA) is 77.3 Å². The largest absolute Gasteiger partial charge is 0.265 e. The maximum atomic E-state index is 5.31. The third-order valence-electron chi connectivity index (χ3n) is 29.7. The highest BCUT2D eigenvalue weighted by Gasteiger charge is 2.21. The molecular formula is C144H92N6. The monoisotopic (exact) mass is 1900 g/mol. The Hall–Kier alpha value is -19.9. The van der Waals surface area contributed by atoms with Crippen LogP contribution in [0.2, 0.25) is 0 Å². The van der Waals surface area contributed by atoms with Gasteiger partial charge in [0.15, 0.2) is 0 Å². The van der Waals surface area contributed by atoms with Crippen molar-refractivity contribution in [2.45, 2.75) is 0 Å². The van der Waals surface area contributed by atoms with Crippen LogP contribution in [0.15, 0.2) is 559 Å². The van der Waals surface area contributed by atoms with E-state index in [4.69, 9.17) is 19.9 Å². The molecule has 0 N–H and O–H groups in total. The molecule has 150 heavy (non-hydrogen) atoms. The Kier molecular flexibility index (Phi) is 22.9. The van der Waals surface area contributed by atoms with E-state index in [0.717, 1.165) is 128 Å². The minimum absolute atomic E-state index is 0.934. The predicted molar refractivity (Wildman–Crippen MR) is 632 cm³/mol. The molecule has 0 spiro atoms. The van der Waals surface area contributed by atoms with Crippen LogP contribution in [-0.4, -0.2) is 29.9 Å². The van der Waals surface area contributed by atoms with Crippen LogP contribution in [0.4, 0.5) is 0 Å². The van der Waals surface area contributed by atoms with Gasteiger partial charge in [0.2, 0.25) is 0 Å². The summed E-state index contributed by atoms with van der Waals surface area (Å²) >= 11 is 0. The third kappa shape index (κ3) is 16.9. The van der Waals surface area contributed by atoms with Gasteiger partial charge in [0.1, 0.15) is 0 Å². The van der Waals surface area contributed by atoms with Gasteiger partial charge in [0.05, 0.1) is 39.9 Å². The average molecular weight is 1910 g/mol. The molecule has 0 fully saturated rings. The molecule has 6 aromatic heterocycles. The van der Waals surface area contributed by atoms with Gasteiger partial charge in [0.25, 0.3) is 0 Å². The van der Waals surface area contributed by atoms with Crippen molar-refractivity contribution < 1.29 is 0 Å². The SMILES string of the molecule is c1cc(-c2cccc(-c3cc4ccccc4c(-c4ccc(-c5ccncc5)cc4)n3)c2)cc(-c2ccc3c4ccccc4c4ccccc4c3c2)c1.c1cc(-c2cccc(-c3cc4ccccc4c(-c4ccncc4)n3)c2)cc(-c2ccc3c4ccccc4c4ccccc4c3c2)c1.c1ccc(-c2ccc(-c3nc(-c4cccc(-c5cccc(-c6ccc7c8ccccc8c8ccccc8c7c6)c5)c4)cc4ccccc34)cn2)cc1. The maximum Gasteiger partial charge on any atom is 0.0803 e. The Morgan fingerprint density at radius 3 is 0.613 bits per heavy atom. The summed E-state index contributed by atoms with van der Waals surface area (Å²) in [6.45, 7) is 0. The summed E-state index contributed by atoms with van der Waals surface area (Å²) in [7, 11) is 0. The number of nitrogens with zero attached hydrogens (tertiary/aromatic N) is 6. The second-order valence-corrected chi connectivity index (χ2v) is 38.6. The number of fused-ring (bicyclic) bond motifs is 21. The molecule has 0 atom stereocenters. The molecule has 0 aliphatic carbocycles. The number of hydrogen-bond acceptors (Lipinski definition) is 6. The molecule has 6 heteroatoms. The van der Waals surface area contributed by atoms with Crippen LogP contribution < -0.4 is 0 Å². The third-order valence-corrected chi connectivity index (χ3v) is 29.7. The molecule has 0 saturated carbocycles. The lowest BCUT2D eigenvalue weighted by Gasteiger charge is -2.13. The highest BCUT2D eigenvalue weighted by Crippen LogP contribution is 2.46. The first-order valence-corrected chi connectivity index (χ1v) is 51.1. The fourth-order valence-corrected chi connectivity index (χ4v) is 22.4. The van der Waals surface area contributed by atoms with E-state index in [1.165, 1.54) is 158 Å². The fraction of sp³-hybridized carbons (Fsp3) is 0. The molecule has 6 heterocycles. The minimum Gasteiger partial charge on any atom is -0.265 e. The van der Waals surface area contributed by atoms with Gasteiger partial charge in [-0.05, 0) is 300 Å². The van der Waals surface area contributed by atoms with E-state index < -0.39 is 0 Å². The van der Waals surface area contributed by atoms with Crippen LogP contribution in [0.5, 0.6) is 0 Å². The Morgan fingerprint density at radius 2 is 0.313 bits per heavy atom. The average Bonchev–Trinajstić information content (AvgIpc) is 0.744. The molecule has 698 valence electrons. The Balaban J connectivity index is 0.000000111. The first kappa shape index (κ1) is 89.0. The summed E-state index contributed by atoms with van der Waals surface area (Å²) in [6, 6.07) is 190. The van der Waals surface area contributed by atoms with E-state index >= 15 is 0 Å². The van der Waals surface area contributed by atoms with Crippen molar-refractivity contribution in [3.63, 3.8) is 0 Å². The second kappa shape index (κ2) is 38.6. The molecule has 0 bridgehead atoms. The molecule has 0 aliphatic rings. The number of aromatic nitrogens is 6. The summed E-state index contributed by atoms with van der Waals surface area (Å²) in [5.41, 5.74) is 30.7. The summed E-state index contributed by atoms with van der Waals surface area (Å²) in [4.78, 5) is 29.0. The van der Waals surface area contributed by atoms with Gasteiger partial charge in [-0.15, -0.1) is 0 Å². The Bertz CT molecular complexity index is 9830. The molecule has 0 radical (unpaired) electrons.